The molecular weight excluding hydrogens is 1030 g/mol. The van der Waals surface area contributed by atoms with Crippen LogP contribution in [0.1, 0.15) is 425 Å². The molecule has 0 fully saturated rings. The van der Waals surface area contributed by atoms with E-state index in [0.717, 1.165) is 44.9 Å². The minimum absolute atomic E-state index is 0.0118. The van der Waals surface area contributed by atoms with Gasteiger partial charge < -0.3 is 20.3 Å². The lowest BCUT2D eigenvalue weighted by Crippen LogP contribution is -2.45. The third-order valence-electron chi connectivity index (χ3n) is 17.9. The van der Waals surface area contributed by atoms with Crippen molar-refractivity contribution in [2.24, 2.45) is 0 Å². The Kier molecular flexibility index (Phi) is 71.9. The van der Waals surface area contributed by atoms with E-state index in [9.17, 15) is 19.8 Å². The average molecular weight is 1180 g/mol. The molecule has 0 spiro atoms. The van der Waals surface area contributed by atoms with Crippen molar-refractivity contribution in [2.75, 3.05) is 13.2 Å². The van der Waals surface area contributed by atoms with E-state index in [0.29, 0.717) is 19.4 Å². The second kappa shape index (κ2) is 73.5. The van der Waals surface area contributed by atoms with E-state index in [-0.39, 0.29) is 18.5 Å². The quantitative estimate of drug-likeness (QED) is 0.0320. The van der Waals surface area contributed by atoms with Crippen molar-refractivity contribution in [1.82, 2.24) is 5.32 Å². The number of rotatable bonds is 72. The first kappa shape index (κ1) is 82.1. The molecule has 3 N–H and O–H groups in total. The Labute approximate surface area is 525 Å². The van der Waals surface area contributed by atoms with Gasteiger partial charge in [0, 0.05) is 12.8 Å². The predicted octanol–water partition coefficient (Wildman–Crippen LogP) is 25.0. The number of hydrogen-bond acceptors (Lipinski definition) is 5. The standard InChI is InChI=1S/C78H149NO5/c1-3-5-7-9-11-13-15-17-19-21-23-24-29-32-35-38-42-46-50-54-58-62-66-70-76(81)75(74-80)79-77(82)71-67-63-59-55-51-47-43-39-36-33-30-27-25-26-28-31-34-37-41-45-49-53-57-61-65-69-73-84-78(83)72-68-64-60-56-52-48-44-40-22-20-18-16-14-12-10-8-6-4-2/h20,22,25,27,66,70,75-76,80-81H,3-19,21,23-24,26,28-65,67-69,71-74H2,1-2H3,(H,79,82)/b22-20-,27-25-,70-66+. The average Bonchev–Trinajstić information content (AvgIpc) is 3.51. The molecule has 6 heteroatoms. The predicted molar refractivity (Wildman–Crippen MR) is 370 cm³/mol. The van der Waals surface area contributed by atoms with Gasteiger partial charge in [0.15, 0.2) is 0 Å². The van der Waals surface area contributed by atoms with Gasteiger partial charge >= 0.3 is 5.97 Å². The highest BCUT2D eigenvalue weighted by Gasteiger charge is 2.18. The van der Waals surface area contributed by atoms with Gasteiger partial charge in [-0.3, -0.25) is 9.59 Å². The molecule has 0 aromatic heterocycles. The number of unbranched alkanes of at least 4 members (excludes halogenated alkanes) is 57. The topological polar surface area (TPSA) is 95.9 Å². The lowest BCUT2D eigenvalue weighted by atomic mass is 10.0. The van der Waals surface area contributed by atoms with Crippen LogP contribution in [0.5, 0.6) is 0 Å². The number of carbonyl (C=O) groups excluding carboxylic acids is 2. The minimum atomic E-state index is -0.848. The van der Waals surface area contributed by atoms with E-state index in [4.69, 9.17) is 4.74 Å². The van der Waals surface area contributed by atoms with Gasteiger partial charge in [-0.2, -0.15) is 0 Å². The molecule has 0 saturated heterocycles. The second-order valence-corrected chi connectivity index (χ2v) is 26.3. The fourth-order valence-corrected chi connectivity index (χ4v) is 12.0. The van der Waals surface area contributed by atoms with Crippen LogP contribution in [0.15, 0.2) is 36.5 Å². The van der Waals surface area contributed by atoms with Crippen molar-refractivity contribution < 1.29 is 24.5 Å². The smallest absolute Gasteiger partial charge is 0.305 e. The van der Waals surface area contributed by atoms with Gasteiger partial charge in [0.2, 0.25) is 5.91 Å². The molecule has 6 nitrogen and oxygen atoms in total. The van der Waals surface area contributed by atoms with Crippen LogP contribution in [0.3, 0.4) is 0 Å². The summed E-state index contributed by atoms with van der Waals surface area (Å²) in [5.41, 5.74) is 0. The summed E-state index contributed by atoms with van der Waals surface area (Å²) in [5.74, 6) is -0.0537. The Morgan fingerprint density at radius 1 is 0.321 bits per heavy atom. The zero-order valence-electron chi connectivity index (χ0n) is 56.9. The SMILES string of the molecule is CCCCCCCCC/C=C\CCCCCCCCCC(=O)OCCCCCCCCCCCCCC/C=C\CCCCCCCCCCCCC(=O)NC(CO)C(O)/C=C/CCCCCCCCCCCCCCCCCCCCCCC. The number of hydrogen-bond donors (Lipinski definition) is 3. The zero-order chi connectivity index (χ0) is 60.6. The Morgan fingerprint density at radius 3 is 0.845 bits per heavy atom. The Hall–Kier alpha value is -1.92. The highest BCUT2D eigenvalue weighted by molar-refractivity contribution is 5.76. The van der Waals surface area contributed by atoms with Crippen molar-refractivity contribution >= 4 is 11.9 Å². The van der Waals surface area contributed by atoms with E-state index in [1.165, 1.54) is 353 Å². The van der Waals surface area contributed by atoms with Gasteiger partial charge in [0.1, 0.15) is 0 Å². The fraction of sp³-hybridized carbons (Fsp3) is 0.897. The molecule has 496 valence electrons. The molecule has 0 heterocycles. The van der Waals surface area contributed by atoms with Crippen LogP contribution in [0.2, 0.25) is 0 Å². The van der Waals surface area contributed by atoms with Crippen LogP contribution in [0.4, 0.5) is 0 Å². The van der Waals surface area contributed by atoms with E-state index < -0.39 is 12.1 Å². The lowest BCUT2D eigenvalue weighted by molar-refractivity contribution is -0.143. The van der Waals surface area contributed by atoms with Gasteiger partial charge in [0.25, 0.3) is 0 Å². The summed E-state index contributed by atoms with van der Waals surface area (Å²) in [5, 5.41) is 23.3. The Balaban J connectivity index is 3.41. The summed E-state index contributed by atoms with van der Waals surface area (Å²) in [6.07, 6.45) is 95.3. The fourth-order valence-electron chi connectivity index (χ4n) is 12.0. The molecule has 2 unspecified atom stereocenters. The number of amides is 1. The number of esters is 1. The van der Waals surface area contributed by atoms with Crippen LogP contribution < -0.4 is 5.32 Å². The molecule has 0 aliphatic rings. The Morgan fingerprint density at radius 2 is 0.560 bits per heavy atom. The molecular formula is C78H149NO5. The number of allylic oxidation sites excluding steroid dienone is 5. The summed E-state index contributed by atoms with van der Waals surface area (Å²) in [6.45, 7) is 4.94. The van der Waals surface area contributed by atoms with Gasteiger partial charge in [-0.1, -0.05) is 365 Å². The number of nitrogens with one attached hydrogen (secondary N) is 1. The third-order valence-corrected chi connectivity index (χ3v) is 17.9. The normalized spacial score (nSPS) is 12.7. The maximum atomic E-state index is 12.5. The maximum absolute atomic E-state index is 12.5. The largest absolute Gasteiger partial charge is 0.466 e. The van der Waals surface area contributed by atoms with E-state index in [2.05, 4.69) is 43.5 Å². The zero-order valence-corrected chi connectivity index (χ0v) is 56.9. The number of ether oxygens (including phenoxy) is 1. The van der Waals surface area contributed by atoms with Crippen LogP contribution in [0, 0.1) is 0 Å². The van der Waals surface area contributed by atoms with E-state index >= 15 is 0 Å². The first-order valence-electron chi connectivity index (χ1n) is 38.3. The molecule has 2 atom stereocenters. The van der Waals surface area contributed by atoms with E-state index in [1.807, 2.05) is 6.08 Å². The van der Waals surface area contributed by atoms with Crippen molar-refractivity contribution in [3.05, 3.63) is 36.5 Å². The summed E-state index contributed by atoms with van der Waals surface area (Å²) in [7, 11) is 0. The first-order chi connectivity index (χ1) is 41.5. The van der Waals surface area contributed by atoms with Gasteiger partial charge in [-0.15, -0.1) is 0 Å². The molecule has 1 amide bonds. The minimum Gasteiger partial charge on any atom is -0.466 e. The molecule has 0 saturated carbocycles. The van der Waals surface area contributed by atoms with Gasteiger partial charge in [-0.25, -0.2) is 0 Å². The highest BCUT2D eigenvalue weighted by Crippen LogP contribution is 2.19. The van der Waals surface area contributed by atoms with E-state index in [1.54, 1.807) is 6.08 Å². The monoisotopic (exact) mass is 1180 g/mol. The van der Waals surface area contributed by atoms with Gasteiger partial charge in [0.05, 0.1) is 25.4 Å². The maximum Gasteiger partial charge on any atom is 0.305 e. The van der Waals surface area contributed by atoms with Crippen molar-refractivity contribution in [3.8, 4) is 0 Å². The molecule has 0 radical (unpaired) electrons. The molecule has 0 aliphatic heterocycles. The Bertz CT molecular complexity index is 1360. The van der Waals surface area contributed by atoms with Crippen LogP contribution in [-0.2, 0) is 14.3 Å². The summed E-state index contributed by atoms with van der Waals surface area (Å²) in [6, 6.07) is -0.631. The van der Waals surface area contributed by atoms with Gasteiger partial charge in [-0.05, 0) is 83.5 Å². The van der Waals surface area contributed by atoms with Crippen molar-refractivity contribution in [3.63, 3.8) is 0 Å². The summed E-state index contributed by atoms with van der Waals surface area (Å²) in [4.78, 5) is 24.7. The van der Waals surface area contributed by atoms with Crippen molar-refractivity contribution in [1.29, 1.82) is 0 Å². The molecule has 0 aromatic carbocycles. The first-order valence-corrected chi connectivity index (χ1v) is 38.3. The summed E-state index contributed by atoms with van der Waals surface area (Å²) >= 11 is 0. The number of aliphatic hydroxyl groups is 2. The van der Waals surface area contributed by atoms with Crippen LogP contribution >= 0.6 is 0 Å². The lowest BCUT2D eigenvalue weighted by Gasteiger charge is -2.20. The highest BCUT2D eigenvalue weighted by atomic mass is 16.5. The van der Waals surface area contributed by atoms with Crippen LogP contribution in [-0.4, -0.2) is 47.4 Å². The number of aliphatic hydroxyl groups excluding tert-OH is 2. The second-order valence-electron chi connectivity index (χ2n) is 26.3. The van der Waals surface area contributed by atoms with Crippen molar-refractivity contribution in [2.45, 2.75) is 437 Å². The third kappa shape index (κ3) is 69.2. The molecule has 0 rings (SSSR count). The summed E-state index contributed by atoms with van der Waals surface area (Å²) < 4.78 is 5.51. The molecule has 0 bridgehead atoms. The number of carbonyl (C=O) groups is 2. The molecule has 84 heavy (non-hydrogen) atoms. The molecule has 0 aromatic rings. The van der Waals surface area contributed by atoms with Crippen LogP contribution in [0.25, 0.3) is 0 Å². The molecule has 0 aliphatic carbocycles.